The van der Waals surface area contributed by atoms with Crippen LogP contribution in [0.1, 0.15) is 29.7 Å². The van der Waals surface area contributed by atoms with Crippen molar-refractivity contribution in [1.82, 2.24) is 20.2 Å². The summed E-state index contributed by atoms with van der Waals surface area (Å²) in [6.07, 6.45) is -0.848. The molecule has 1 saturated heterocycles. The molecule has 0 aliphatic carbocycles. The van der Waals surface area contributed by atoms with Crippen molar-refractivity contribution in [2.75, 3.05) is 32.2 Å². The average Bonchev–Trinajstić information content (AvgIpc) is 3.23. The Morgan fingerprint density at radius 3 is 2.83 bits per heavy atom. The molecule has 0 aromatic carbocycles. The first-order valence-corrected chi connectivity index (χ1v) is 10.3. The minimum absolute atomic E-state index is 0.179. The van der Waals surface area contributed by atoms with Gasteiger partial charge < -0.3 is 40.2 Å². The first-order chi connectivity index (χ1) is 13.9. The molecule has 1 aromatic heterocycles. The van der Waals surface area contributed by atoms with Gasteiger partial charge in [0.05, 0.1) is 37.5 Å². The zero-order valence-corrected chi connectivity index (χ0v) is 17.3. The summed E-state index contributed by atoms with van der Waals surface area (Å²) in [4.78, 5) is 28.6. The highest BCUT2D eigenvalue weighted by Crippen LogP contribution is 2.45. The zero-order valence-electron chi connectivity index (χ0n) is 16.5. The summed E-state index contributed by atoms with van der Waals surface area (Å²) in [6.45, 7) is 3.92. The van der Waals surface area contributed by atoms with Crippen LogP contribution >= 0.6 is 11.8 Å². The number of thioether (sulfide) groups is 1. The van der Waals surface area contributed by atoms with E-state index in [0.717, 1.165) is 0 Å². The standard InChI is InChI=1S/C17H27N5O6S/c1-8(2)14(25)20-17-19-13-10(15(26)21-17)18-7-22(13)16-12(28-5-4-27-3)11(24)9(6-23)29-16/h7-9,11-12,16-17,19,23-24H,4-6H2,1-3H3,(H,20,25)(H,21,26)/t9-,11+,12?,16-,17?/m1/s1. The number of amides is 2. The zero-order chi connectivity index (χ0) is 21.1. The lowest BCUT2D eigenvalue weighted by molar-refractivity contribution is -0.124. The van der Waals surface area contributed by atoms with E-state index in [1.807, 2.05) is 0 Å². The molecule has 5 N–H and O–H groups in total. The van der Waals surface area contributed by atoms with Gasteiger partial charge in [0, 0.05) is 13.0 Å². The summed E-state index contributed by atoms with van der Waals surface area (Å²) in [5, 5.41) is 27.7. The lowest BCUT2D eigenvalue weighted by Crippen LogP contribution is -2.56. The minimum Gasteiger partial charge on any atom is -0.395 e. The van der Waals surface area contributed by atoms with Gasteiger partial charge in [0.25, 0.3) is 5.91 Å². The monoisotopic (exact) mass is 429 g/mol. The number of aromatic nitrogens is 2. The van der Waals surface area contributed by atoms with Crippen molar-refractivity contribution in [3.8, 4) is 0 Å². The number of fused-ring (bicyclic) bond motifs is 1. The molecule has 1 fully saturated rings. The predicted octanol–water partition coefficient (Wildman–Crippen LogP) is -0.907. The molecular weight excluding hydrogens is 402 g/mol. The van der Waals surface area contributed by atoms with E-state index in [0.29, 0.717) is 12.4 Å². The molecule has 162 valence electrons. The third-order valence-corrected chi connectivity index (χ3v) is 6.29. The summed E-state index contributed by atoms with van der Waals surface area (Å²) in [6, 6.07) is 0. The second-order valence-corrected chi connectivity index (χ2v) is 8.49. The summed E-state index contributed by atoms with van der Waals surface area (Å²) in [5.74, 6) is -0.481. The van der Waals surface area contributed by atoms with Crippen LogP contribution < -0.4 is 16.0 Å². The van der Waals surface area contributed by atoms with Gasteiger partial charge in [-0.1, -0.05) is 13.8 Å². The molecule has 2 amide bonds. The second-order valence-electron chi connectivity index (χ2n) is 7.13. The molecule has 0 spiro atoms. The van der Waals surface area contributed by atoms with Crippen molar-refractivity contribution >= 4 is 29.4 Å². The Bertz CT molecular complexity index is 744. The molecule has 12 heteroatoms. The Hall–Kier alpha value is -1.86. The first kappa shape index (κ1) is 21.8. The van der Waals surface area contributed by atoms with E-state index in [2.05, 4.69) is 20.9 Å². The molecule has 0 saturated carbocycles. The summed E-state index contributed by atoms with van der Waals surface area (Å²) in [7, 11) is 1.55. The van der Waals surface area contributed by atoms with Crippen LogP contribution in [-0.2, 0) is 14.3 Å². The van der Waals surface area contributed by atoms with Crippen molar-refractivity contribution in [3.05, 3.63) is 12.0 Å². The summed E-state index contributed by atoms with van der Waals surface area (Å²) < 4.78 is 12.5. The van der Waals surface area contributed by atoms with Crippen LogP contribution in [-0.4, -0.2) is 82.3 Å². The fourth-order valence-corrected chi connectivity index (χ4v) is 4.60. The number of nitrogens with zero attached hydrogens (tertiary/aromatic N) is 2. The molecule has 3 rings (SSSR count). The highest BCUT2D eigenvalue weighted by molar-refractivity contribution is 8.00. The third-order valence-electron chi connectivity index (χ3n) is 4.74. The van der Waals surface area contributed by atoms with Crippen molar-refractivity contribution in [1.29, 1.82) is 0 Å². The molecule has 2 aliphatic rings. The van der Waals surface area contributed by atoms with Gasteiger partial charge in [0.15, 0.2) is 12.0 Å². The number of anilines is 1. The van der Waals surface area contributed by atoms with Gasteiger partial charge in [-0.05, 0) is 0 Å². The smallest absolute Gasteiger partial charge is 0.276 e. The third kappa shape index (κ3) is 4.51. The van der Waals surface area contributed by atoms with Crippen LogP contribution in [0, 0.1) is 5.92 Å². The Morgan fingerprint density at radius 2 is 2.17 bits per heavy atom. The van der Waals surface area contributed by atoms with Crippen molar-refractivity contribution in [2.24, 2.45) is 5.92 Å². The number of ether oxygens (including phenoxy) is 2. The summed E-state index contributed by atoms with van der Waals surface area (Å²) >= 11 is 1.33. The lowest BCUT2D eigenvalue weighted by Gasteiger charge is -2.30. The van der Waals surface area contributed by atoms with Crippen LogP contribution in [0.5, 0.6) is 0 Å². The molecule has 2 unspecified atom stereocenters. The van der Waals surface area contributed by atoms with Crippen molar-refractivity contribution < 1.29 is 29.3 Å². The molecule has 11 nitrogen and oxygen atoms in total. The highest BCUT2D eigenvalue weighted by Gasteiger charge is 2.46. The van der Waals surface area contributed by atoms with Gasteiger partial charge in [-0.2, -0.15) is 0 Å². The number of nitrogens with one attached hydrogen (secondary N) is 3. The van der Waals surface area contributed by atoms with E-state index in [1.54, 1.807) is 25.5 Å². The number of imidazole rings is 1. The number of hydrogen-bond donors (Lipinski definition) is 5. The number of carbonyl (C=O) groups is 2. The topological polar surface area (TPSA) is 147 Å². The Labute approximate surface area is 172 Å². The van der Waals surface area contributed by atoms with E-state index < -0.39 is 35.0 Å². The normalized spacial score (nSPS) is 28.8. The van der Waals surface area contributed by atoms with Gasteiger partial charge in [-0.3, -0.25) is 9.59 Å². The summed E-state index contributed by atoms with van der Waals surface area (Å²) in [5.41, 5.74) is 0.179. The lowest BCUT2D eigenvalue weighted by atomic mass is 10.1. The molecule has 29 heavy (non-hydrogen) atoms. The van der Waals surface area contributed by atoms with E-state index in [-0.39, 0.29) is 30.7 Å². The van der Waals surface area contributed by atoms with E-state index in [9.17, 15) is 19.8 Å². The quantitative estimate of drug-likeness (QED) is 0.331. The Kier molecular flexibility index (Phi) is 7.01. The molecule has 5 atom stereocenters. The molecule has 1 aromatic rings. The molecule has 0 radical (unpaired) electrons. The number of aliphatic hydroxyl groups is 2. The van der Waals surface area contributed by atoms with Crippen LogP contribution in [0.25, 0.3) is 0 Å². The SMILES string of the molecule is COCCOC1[C@@H](O)[C@@H](CO)S[C@H]1n1cnc2c1NC(NC(=O)C(C)C)NC2=O. The Balaban J connectivity index is 1.84. The maximum absolute atomic E-state index is 12.4. The van der Waals surface area contributed by atoms with Crippen LogP contribution in [0.2, 0.25) is 0 Å². The van der Waals surface area contributed by atoms with Crippen LogP contribution in [0.4, 0.5) is 5.82 Å². The number of rotatable bonds is 8. The van der Waals surface area contributed by atoms with Gasteiger partial charge in [-0.15, -0.1) is 11.8 Å². The fourth-order valence-electron chi connectivity index (χ4n) is 3.16. The maximum Gasteiger partial charge on any atom is 0.276 e. The minimum atomic E-state index is -0.904. The van der Waals surface area contributed by atoms with Gasteiger partial charge in [0.2, 0.25) is 5.91 Å². The molecule has 2 aliphatic heterocycles. The average molecular weight is 429 g/mol. The number of aliphatic hydroxyl groups excluding tert-OH is 2. The predicted molar refractivity (Wildman–Crippen MR) is 105 cm³/mol. The highest BCUT2D eigenvalue weighted by atomic mass is 32.2. The van der Waals surface area contributed by atoms with Crippen molar-refractivity contribution in [2.45, 2.75) is 43.0 Å². The van der Waals surface area contributed by atoms with E-state index >= 15 is 0 Å². The number of hydrogen-bond acceptors (Lipinski definition) is 9. The second kappa shape index (κ2) is 9.30. The maximum atomic E-state index is 12.4. The fraction of sp³-hybridized carbons (Fsp3) is 0.706. The Morgan fingerprint density at radius 1 is 1.41 bits per heavy atom. The molecular formula is C17H27N5O6S. The van der Waals surface area contributed by atoms with Crippen LogP contribution in [0.15, 0.2) is 6.33 Å². The van der Waals surface area contributed by atoms with Crippen molar-refractivity contribution in [3.63, 3.8) is 0 Å². The largest absolute Gasteiger partial charge is 0.395 e. The molecule has 0 bridgehead atoms. The number of methoxy groups -OCH3 is 1. The number of carbonyl (C=O) groups excluding carboxylic acids is 2. The first-order valence-electron chi connectivity index (χ1n) is 9.36. The van der Waals surface area contributed by atoms with Gasteiger partial charge in [0.1, 0.15) is 17.3 Å². The van der Waals surface area contributed by atoms with Crippen LogP contribution in [0.3, 0.4) is 0 Å². The molecule has 3 heterocycles. The van der Waals surface area contributed by atoms with Gasteiger partial charge in [-0.25, -0.2) is 4.98 Å². The van der Waals surface area contributed by atoms with E-state index in [4.69, 9.17) is 9.47 Å². The van der Waals surface area contributed by atoms with E-state index in [1.165, 1.54) is 18.1 Å². The van der Waals surface area contributed by atoms with Gasteiger partial charge >= 0.3 is 0 Å².